The molecule has 0 bridgehead atoms. The van der Waals surface area contributed by atoms with Gasteiger partial charge in [0.15, 0.2) is 11.6 Å². The molecule has 2 rings (SSSR count). The van der Waals surface area contributed by atoms with E-state index in [-0.39, 0.29) is 11.8 Å². The zero-order valence-corrected chi connectivity index (χ0v) is 10.5. The summed E-state index contributed by atoms with van der Waals surface area (Å²) < 4.78 is 31.7. The quantitative estimate of drug-likeness (QED) is 0.888. The second-order valence-electron chi connectivity index (χ2n) is 4.35. The fraction of sp³-hybridized carbons (Fsp3) is 0.538. The van der Waals surface area contributed by atoms with Crippen LogP contribution < -0.4 is 10.1 Å². The number of methoxy groups -OCH3 is 1. The van der Waals surface area contributed by atoms with E-state index in [0.717, 1.165) is 26.2 Å². The average Bonchev–Trinajstić information content (AvgIpc) is 2.41. The van der Waals surface area contributed by atoms with Crippen LogP contribution in [-0.4, -0.2) is 44.9 Å². The van der Waals surface area contributed by atoms with Gasteiger partial charge in [0.1, 0.15) is 6.67 Å². The molecule has 1 aliphatic rings. The monoisotopic (exact) mass is 256 g/mol. The van der Waals surface area contributed by atoms with Gasteiger partial charge in [0, 0.05) is 26.2 Å². The number of piperazine rings is 1. The molecule has 0 amide bonds. The average molecular weight is 256 g/mol. The Morgan fingerprint density at radius 2 is 2.11 bits per heavy atom. The molecule has 1 atom stereocenters. The molecule has 0 saturated carbocycles. The molecule has 3 nitrogen and oxygen atoms in total. The Hall–Kier alpha value is -1.20. The largest absolute Gasteiger partial charge is 0.494 e. The second kappa shape index (κ2) is 6.11. The lowest BCUT2D eigenvalue weighted by molar-refractivity contribution is 0.147. The van der Waals surface area contributed by atoms with Crippen molar-refractivity contribution in [2.45, 2.75) is 6.04 Å². The SMILES string of the molecule is COc1ccc([C@@H](CF)N2CCNCC2)cc1F. The molecular formula is C13H18F2N2O. The van der Waals surface area contributed by atoms with Gasteiger partial charge in [-0.05, 0) is 17.7 Å². The summed E-state index contributed by atoms with van der Waals surface area (Å²) >= 11 is 0. The van der Waals surface area contributed by atoms with E-state index in [9.17, 15) is 8.78 Å². The number of alkyl halides is 1. The Kier molecular flexibility index (Phi) is 4.49. The molecule has 1 aliphatic heterocycles. The van der Waals surface area contributed by atoms with Gasteiger partial charge < -0.3 is 10.1 Å². The molecule has 1 N–H and O–H groups in total. The molecular weight excluding hydrogens is 238 g/mol. The van der Waals surface area contributed by atoms with E-state index in [4.69, 9.17) is 4.74 Å². The first kappa shape index (κ1) is 13.2. The van der Waals surface area contributed by atoms with Crippen LogP contribution in [0.5, 0.6) is 5.75 Å². The first-order chi connectivity index (χ1) is 8.76. The van der Waals surface area contributed by atoms with Gasteiger partial charge in [-0.25, -0.2) is 8.78 Å². The Morgan fingerprint density at radius 3 is 2.67 bits per heavy atom. The van der Waals surface area contributed by atoms with Gasteiger partial charge in [-0.1, -0.05) is 6.07 Å². The lowest BCUT2D eigenvalue weighted by Crippen LogP contribution is -2.45. The van der Waals surface area contributed by atoms with E-state index in [1.54, 1.807) is 12.1 Å². The molecule has 0 aliphatic carbocycles. The van der Waals surface area contributed by atoms with Crippen molar-refractivity contribution in [1.29, 1.82) is 0 Å². The molecule has 100 valence electrons. The molecule has 0 unspecified atom stereocenters. The maximum Gasteiger partial charge on any atom is 0.165 e. The van der Waals surface area contributed by atoms with Crippen LogP contribution in [-0.2, 0) is 0 Å². The predicted molar refractivity (Wildman–Crippen MR) is 66.1 cm³/mol. The van der Waals surface area contributed by atoms with Gasteiger partial charge in [0.2, 0.25) is 0 Å². The fourth-order valence-electron chi connectivity index (χ4n) is 2.28. The summed E-state index contributed by atoms with van der Waals surface area (Å²) in [6, 6.07) is 4.28. The topological polar surface area (TPSA) is 24.5 Å². The molecule has 0 spiro atoms. The van der Waals surface area contributed by atoms with E-state index in [2.05, 4.69) is 5.32 Å². The van der Waals surface area contributed by atoms with Crippen molar-refractivity contribution in [2.24, 2.45) is 0 Å². The zero-order chi connectivity index (χ0) is 13.0. The summed E-state index contributed by atoms with van der Waals surface area (Å²) in [5.41, 5.74) is 0.665. The van der Waals surface area contributed by atoms with Gasteiger partial charge in [0.05, 0.1) is 13.2 Å². The molecule has 1 aromatic carbocycles. The third-order valence-corrected chi connectivity index (χ3v) is 3.30. The minimum atomic E-state index is -0.508. The number of ether oxygens (including phenoxy) is 1. The van der Waals surface area contributed by atoms with Crippen LogP contribution >= 0.6 is 0 Å². The van der Waals surface area contributed by atoms with Crippen molar-refractivity contribution in [3.63, 3.8) is 0 Å². The van der Waals surface area contributed by atoms with Gasteiger partial charge in [-0.2, -0.15) is 0 Å². The molecule has 5 heteroatoms. The highest BCUT2D eigenvalue weighted by atomic mass is 19.1. The van der Waals surface area contributed by atoms with Gasteiger partial charge in [-0.3, -0.25) is 4.90 Å². The Morgan fingerprint density at radius 1 is 1.39 bits per heavy atom. The highest BCUT2D eigenvalue weighted by molar-refractivity contribution is 5.31. The van der Waals surface area contributed by atoms with Crippen molar-refractivity contribution in [1.82, 2.24) is 10.2 Å². The normalized spacial score (nSPS) is 18.6. The molecule has 1 heterocycles. The molecule has 1 aromatic rings. The number of nitrogens with zero attached hydrogens (tertiary/aromatic N) is 1. The van der Waals surface area contributed by atoms with E-state index in [0.29, 0.717) is 5.56 Å². The number of hydrogen-bond acceptors (Lipinski definition) is 3. The number of rotatable bonds is 4. The van der Waals surface area contributed by atoms with Crippen molar-refractivity contribution < 1.29 is 13.5 Å². The lowest BCUT2D eigenvalue weighted by Gasteiger charge is -2.33. The Bertz CT molecular complexity index is 395. The third kappa shape index (κ3) is 2.79. The Labute approximate surface area is 106 Å². The third-order valence-electron chi connectivity index (χ3n) is 3.30. The van der Waals surface area contributed by atoms with E-state index in [1.807, 2.05) is 4.90 Å². The summed E-state index contributed by atoms with van der Waals surface area (Å²) in [6.07, 6.45) is 0. The first-order valence-corrected chi connectivity index (χ1v) is 6.10. The van der Waals surface area contributed by atoms with Crippen LogP contribution in [0.25, 0.3) is 0 Å². The van der Waals surface area contributed by atoms with E-state index >= 15 is 0 Å². The first-order valence-electron chi connectivity index (χ1n) is 6.10. The van der Waals surface area contributed by atoms with Crippen molar-refractivity contribution >= 4 is 0 Å². The van der Waals surface area contributed by atoms with Gasteiger partial charge in [0.25, 0.3) is 0 Å². The molecule has 0 radical (unpaired) electrons. The molecule has 1 saturated heterocycles. The number of halogens is 2. The van der Waals surface area contributed by atoms with Crippen LogP contribution in [0.15, 0.2) is 18.2 Å². The minimum absolute atomic E-state index is 0.191. The maximum atomic E-state index is 13.6. The van der Waals surface area contributed by atoms with Crippen molar-refractivity contribution in [3.8, 4) is 5.75 Å². The van der Waals surface area contributed by atoms with Gasteiger partial charge in [-0.15, -0.1) is 0 Å². The summed E-state index contributed by atoms with van der Waals surface area (Å²) in [4.78, 5) is 2.04. The molecule has 1 fully saturated rings. The van der Waals surface area contributed by atoms with E-state index in [1.165, 1.54) is 13.2 Å². The molecule has 18 heavy (non-hydrogen) atoms. The summed E-state index contributed by atoms with van der Waals surface area (Å²) in [6.45, 7) is 2.74. The van der Waals surface area contributed by atoms with Crippen LogP contribution in [0.2, 0.25) is 0 Å². The van der Waals surface area contributed by atoms with Crippen LogP contribution in [0.1, 0.15) is 11.6 Å². The lowest BCUT2D eigenvalue weighted by atomic mass is 10.1. The summed E-state index contributed by atoms with van der Waals surface area (Å²) in [5.74, 6) is -0.250. The number of nitrogens with one attached hydrogen (secondary N) is 1. The fourth-order valence-corrected chi connectivity index (χ4v) is 2.28. The highest BCUT2D eigenvalue weighted by Gasteiger charge is 2.22. The van der Waals surface area contributed by atoms with Gasteiger partial charge >= 0.3 is 0 Å². The van der Waals surface area contributed by atoms with Crippen molar-refractivity contribution in [3.05, 3.63) is 29.6 Å². The van der Waals surface area contributed by atoms with Crippen molar-refractivity contribution in [2.75, 3.05) is 40.0 Å². The van der Waals surface area contributed by atoms with Crippen LogP contribution in [0, 0.1) is 5.82 Å². The zero-order valence-electron chi connectivity index (χ0n) is 10.5. The highest BCUT2D eigenvalue weighted by Crippen LogP contribution is 2.26. The van der Waals surface area contributed by atoms with Crippen LogP contribution in [0.4, 0.5) is 8.78 Å². The maximum absolute atomic E-state index is 13.6. The summed E-state index contributed by atoms with van der Waals surface area (Å²) in [7, 11) is 1.42. The summed E-state index contributed by atoms with van der Waals surface area (Å²) in [5, 5.41) is 3.22. The second-order valence-corrected chi connectivity index (χ2v) is 4.35. The minimum Gasteiger partial charge on any atom is -0.494 e. The Balaban J connectivity index is 2.18. The molecule has 0 aromatic heterocycles. The predicted octanol–water partition coefficient (Wildman–Crippen LogP) is 1.75. The smallest absolute Gasteiger partial charge is 0.165 e. The standard InChI is InChI=1S/C13H18F2N2O/c1-18-13-3-2-10(8-11(13)15)12(9-14)17-6-4-16-5-7-17/h2-3,8,12,16H,4-7,9H2,1H3/t12-/m1/s1. The number of benzene rings is 1. The van der Waals surface area contributed by atoms with Crippen LogP contribution in [0.3, 0.4) is 0 Å². The number of hydrogen-bond donors (Lipinski definition) is 1. The van der Waals surface area contributed by atoms with E-state index < -0.39 is 12.5 Å².